The Labute approximate surface area is 110 Å². The third-order valence-electron chi connectivity index (χ3n) is 3.66. The van der Waals surface area contributed by atoms with Crippen LogP contribution in [0.3, 0.4) is 0 Å². The van der Waals surface area contributed by atoms with Crippen LogP contribution in [0.4, 0.5) is 5.69 Å². The number of aliphatic carboxylic acids is 1. The number of benzene rings is 1. The number of hydrogen-bond donors (Lipinski definition) is 1. The fraction of sp³-hybridized carbons (Fsp3) is 0.462. The van der Waals surface area contributed by atoms with E-state index < -0.39 is 11.4 Å². The predicted octanol–water partition coefficient (Wildman–Crippen LogP) is 3.09. The Balaban J connectivity index is 2.49. The van der Waals surface area contributed by atoms with E-state index in [0.29, 0.717) is 0 Å². The highest BCUT2D eigenvalue weighted by atomic mass is 79.9. The number of carbonyl (C=O) groups is 1. The lowest BCUT2D eigenvalue weighted by atomic mass is 9.76. The monoisotopic (exact) mass is 297 g/mol. The number of carboxylic acid groups (broad SMARTS) is 1. The van der Waals surface area contributed by atoms with Gasteiger partial charge in [0.1, 0.15) is 0 Å². The van der Waals surface area contributed by atoms with Crippen LogP contribution in [0.15, 0.2) is 22.7 Å². The molecule has 1 aliphatic heterocycles. The van der Waals surface area contributed by atoms with Gasteiger partial charge in [0.15, 0.2) is 0 Å². The maximum atomic E-state index is 11.4. The van der Waals surface area contributed by atoms with Crippen molar-refractivity contribution in [1.82, 2.24) is 0 Å². The second-order valence-corrected chi connectivity index (χ2v) is 6.08. The van der Waals surface area contributed by atoms with E-state index in [1.165, 1.54) is 0 Å². The molecule has 0 fully saturated rings. The Morgan fingerprint density at radius 1 is 1.53 bits per heavy atom. The molecular weight excluding hydrogens is 282 g/mol. The van der Waals surface area contributed by atoms with E-state index in [4.69, 9.17) is 0 Å². The van der Waals surface area contributed by atoms with Gasteiger partial charge in [-0.1, -0.05) is 15.9 Å². The molecule has 17 heavy (non-hydrogen) atoms. The van der Waals surface area contributed by atoms with Crippen molar-refractivity contribution >= 4 is 27.6 Å². The van der Waals surface area contributed by atoms with Gasteiger partial charge in [0, 0.05) is 29.7 Å². The maximum Gasteiger partial charge on any atom is 0.309 e. The Morgan fingerprint density at radius 3 is 2.76 bits per heavy atom. The first-order chi connectivity index (χ1) is 7.84. The Hall–Kier alpha value is -1.03. The third kappa shape index (κ3) is 1.95. The number of fused-ring (bicyclic) bond motifs is 1. The summed E-state index contributed by atoms with van der Waals surface area (Å²) >= 11 is 3.45. The first-order valence-electron chi connectivity index (χ1n) is 5.58. The van der Waals surface area contributed by atoms with E-state index in [1.54, 1.807) is 13.8 Å². The molecule has 0 bridgehead atoms. The van der Waals surface area contributed by atoms with Crippen LogP contribution in [0.2, 0.25) is 0 Å². The van der Waals surface area contributed by atoms with Crippen LogP contribution in [0.5, 0.6) is 0 Å². The van der Waals surface area contributed by atoms with Crippen LogP contribution in [0.1, 0.15) is 25.3 Å². The number of hydrogen-bond acceptors (Lipinski definition) is 2. The van der Waals surface area contributed by atoms with E-state index in [1.807, 2.05) is 25.2 Å². The highest BCUT2D eigenvalue weighted by Gasteiger charge is 2.42. The Morgan fingerprint density at radius 2 is 2.18 bits per heavy atom. The molecule has 0 aliphatic carbocycles. The molecule has 1 aliphatic rings. The van der Waals surface area contributed by atoms with Crippen LogP contribution >= 0.6 is 15.9 Å². The van der Waals surface area contributed by atoms with E-state index in [2.05, 4.69) is 20.8 Å². The number of likely N-dealkylation sites (N-methyl/N-ethyl adjacent to an activating group) is 1. The molecule has 1 aromatic rings. The number of nitrogens with zero attached hydrogens (tertiary/aromatic N) is 1. The van der Waals surface area contributed by atoms with E-state index in [0.717, 1.165) is 22.3 Å². The lowest BCUT2D eigenvalue weighted by Gasteiger charge is -2.27. The summed E-state index contributed by atoms with van der Waals surface area (Å²) in [6.07, 6.45) is 0. The summed E-state index contributed by atoms with van der Waals surface area (Å²) < 4.78 is 0.998. The summed E-state index contributed by atoms with van der Waals surface area (Å²) in [4.78, 5) is 13.5. The third-order valence-corrected chi connectivity index (χ3v) is 4.15. The number of anilines is 1. The summed E-state index contributed by atoms with van der Waals surface area (Å²) in [5, 5.41) is 9.35. The van der Waals surface area contributed by atoms with Crippen LogP contribution in [0, 0.1) is 5.41 Å². The molecule has 1 unspecified atom stereocenters. The van der Waals surface area contributed by atoms with Gasteiger partial charge in [0.25, 0.3) is 0 Å². The number of rotatable bonds is 2. The van der Waals surface area contributed by atoms with Crippen molar-refractivity contribution < 1.29 is 9.90 Å². The van der Waals surface area contributed by atoms with Crippen molar-refractivity contribution in [2.75, 3.05) is 18.5 Å². The molecule has 3 nitrogen and oxygen atoms in total. The summed E-state index contributed by atoms with van der Waals surface area (Å²) in [7, 11) is 2.00. The summed E-state index contributed by atoms with van der Waals surface area (Å²) in [6, 6.07) is 6.07. The van der Waals surface area contributed by atoms with Gasteiger partial charge in [-0.15, -0.1) is 0 Å². The molecular formula is C13H16BrNO2. The summed E-state index contributed by atoms with van der Waals surface area (Å²) in [6.45, 7) is 4.35. The first kappa shape index (κ1) is 12.4. The molecule has 1 aromatic carbocycles. The quantitative estimate of drug-likeness (QED) is 0.912. The van der Waals surface area contributed by atoms with Gasteiger partial charge in [-0.25, -0.2) is 0 Å². The molecule has 92 valence electrons. The minimum Gasteiger partial charge on any atom is -0.481 e. The normalized spacial score (nSPS) is 19.3. The van der Waals surface area contributed by atoms with Gasteiger partial charge < -0.3 is 10.0 Å². The molecule has 1 atom stereocenters. The zero-order chi connectivity index (χ0) is 12.8. The zero-order valence-electron chi connectivity index (χ0n) is 10.2. The van der Waals surface area contributed by atoms with Crippen LogP contribution < -0.4 is 4.90 Å². The molecule has 0 spiro atoms. The highest BCUT2D eigenvalue weighted by Crippen LogP contribution is 2.46. The fourth-order valence-electron chi connectivity index (χ4n) is 2.39. The van der Waals surface area contributed by atoms with Crippen molar-refractivity contribution in [1.29, 1.82) is 0 Å². The van der Waals surface area contributed by atoms with Gasteiger partial charge in [0.05, 0.1) is 5.41 Å². The van der Waals surface area contributed by atoms with Gasteiger partial charge in [-0.2, -0.15) is 0 Å². The average Bonchev–Trinajstić information content (AvgIpc) is 2.56. The second-order valence-electron chi connectivity index (χ2n) is 5.16. The highest BCUT2D eigenvalue weighted by molar-refractivity contribution is 9.10. The van der Waals surface area contributed by atoms with Crippen LogP contribution in [-0.2, 0) is 4.79 Å². The SMILES string of the molecule is CN1CC(C(C)(C)C(=O)O)c2cc(Br)ccc21. The van der Waals surface area contributed by atoms with Crippen LogP contribution in [-0.4, -0.2) is 24.7 Å². The van der Waals surface area contributed by atoms with Gasteiger partial charge in [-0.05, 0) is 37.6 Å². The molecule has 1 heterocycles. The number of halogens is 1. The zero-order valence-corrected chi connectivity index (χ0v) is 11.8. The van der Waals surface area contributed by atoms with Crippen molar-refractivity contribution in [3.63, 3.8) is 0 Å². The van der Waals surface area contributed by atoms with Crippen molar-refractivity contribution in [2.45, 2.75) is 19.8 Å². The van der Waals surface area contributed by atoms with Crippen LogP contribution in [0.25, 0.3) is 0 Å². The standard InChI is InChI=1S/C13H16BrNO2/c1-13(2,12(16)17)10-7-15(3)11-5-4-8(14)6-9(10)11/h4-6,10H,7H2,1-3H3,(H,16,17). The van der Waals surface area contributed by atoms with Crippen molar-refractivity contribution in [3.8, 4) is 0 Å². The van der Waals surface area contributed by atoms with E-state index in [9.17, 15) is 9.90 Å². The van der Waals surface area contributed by atoms with Crippen molar-refractivity contribution in [3.05, 3.63) is 28.2 Å². The van der Waals surface area contributed by atoms with Gasteiger partial charge in [0.2, 0.25) is 0 Å². The van der Waals surface area contributed by atoms with Gasteiger partial charge >= 0.3 is 5.97 Å². The minimum atomic E-state index is -0.750. The first-order valence-corrected chi connectivity index (χ1v) is 6.37. The minimum absolute atomic E-state index is 0.0255. The molecule has 1 N–H and O–H groups in total. The predicted molar refractivity (Wildman–Crippen MR) is 71.6 cm³/mol. The molecule has 0 aromatic heterocycles. The van der Waals surface area contributed by atoms with E-state index >= 15 is 0 Å². The molecule has 0 saturated heterocycles. The van der Waals surface area contributed by atoms with E-state index in [-0.39, 0.29) is 5.92 Å². The smallest absolute Gasteiger partial charge is 0.309 e. The van der Waals surface area contributed by atoms with Gasteiger partial charge in [-0.3, -0.25) is 4.79 Å². The molecule has 0 radical (unpaired) electrons. The topological polar surface area (TPSA) is 40.5 Å². The summed E-state index contributed by atoms with van der Waals surface area (Å²) in [5.74, 6) is -0.721. The average molecular weight is 298 g/mol. The fourth-order valence-corrected chi connectivity index (χ4v) is 2.77. The molecule has 0 saturated carbocycles. The maximum absolute atomic E-state index is 11.4. The molecule has 4 heteroatoms. The second kappa shape index (κ2) is 4.02. The Kier molecular flexibility index (Phi) is 2.94. The lowest BCUT2D eigenvalue weighted by Crippen LogP contribution is -2.33. The molecule has 2 rings (SSSR count). The summed E-state index contributed by atoms with van der Waals surface area (Å²) in [5.41, 5.74) is 1.50. The lowest BCUT2D eigenvalue weighted by molar-refractivity contribution is -0.148. The van der Waals surface area contributed by atoms with Crippen molar-refractivity contribution in [2.24, 2.45) is 5.41 Å². The molecule has 0 amide bonds. The number of carboxylic acids is 1. The Bertz CT molecular complexity index is 470. The largest absolute Gasteiger partial charge is 0.481 e.